The molecule has 1 aromatic heterocycles. The Labute approximate surface area is 196 Å². The van der Waals surface area contributed by atoms with E-state index >= 15 is 0 Å². The minimum absolute atomic E-state index is 0.0554. The zero-order valence-corrected chi connectivity index (χ0v) is 19.2. The summed E-state index contributed by atoms with van der Waals surface area (Å²) >= 11 is 1.26. The molecule has 0 aliphatic carbocycles. The molecule has 0 bridgehead atoms. The summed E-state index contributed by atoms with van der Waals surface area (Å²) in [4.78, 5) is 36.3. The fourth-order valence-electron chi connectivity index (χ4n) is 4.25. The van der Waals surface area contributed by atoms with E-state index in [0.29, 0.717) is 17.2 Å². The van der Waals surface area contributed by atoms with Crippen molar-refractivity contribution < 1.29 is 14.7 Å². The van der Waals surface area contributed by atoms with Crippen molar-refractivity contribution in [1.29, 1.82) is 0 Å². The summed E-state index contributed by atoms with van der Waals surface area (Å²) in [5.41, 5.74) is 3.51. The molecule has 172 valence electrons. The summed E-state index contributed by atoms with van der Waals surface area (Å²) in [6, 6.07) is 4.78. The zero-order valence-electron chi connectivity index (χ0n) is 18.4. The minimum Gasteiger partial charge on any atom is -0.508 e. The van der Waals surface area contributed by atoms with Crippen LogP contribution in [0.3, 0.4) is 0 Å². The summed E-state index contributed by atoms with van der Waals surface area (Å²) < 4.78 is 0. The van der Waals surface area contributed by atoms with Crippen molar-refractivity contribution in [3.63, 3.8) is 0 Å². The maximum atomic E-state index is 13.1. The molecule has 3 aliphatic heterocycles. The van der Waals surface area contributed by atoms with Gasteiger partial charge in [0.15, 0.2) is 5.13 Å². The number of benzene rings is 1. The highest BCUT2D eigenvalue weighted by Gasteiger charge is 2.31. The van der Waals surface area contributed by atoms with Crippen LogP contribution in [0, 0.1) is 0 Å². The Hall–Kier alpha value is -3.37. The molecule has 0 radical (unpaired) electrons. The Kier molecular flexibility index (Phi) is 5.77. The van der Waals surface area contributed by atoms with E-state index < -0.39 is 0 Å². The van der Waals surface area contributed by atoms with Crippen molar-refractivity contribution in [3.8, 4) is 5.75 Å². The maximum Gasteiger partial charge on any atom is 0.275 e. The maximum absolute atomic E-state index is 13.1. The Morgan fingerprint density at radius 3 is 2.88 bits per heavy atom. The van der Waals surface area contributed by atoms with Crippen molar-refractivity contribution in [2.24, 2.45) is 0 Å². The normalized spacial score (nSPS) is 18.6. The van der Waals surface area contributed by atoms with Gasteiger partial charge in [0.05, 0.1) is 12.2 Å². The third kappa shape index (κ3) is 4.31. The van der Waals surface area contributed by atoms with E-state index in [2.05, 4.69) is 31.5 Å². The van der Waals surface area contributed by atoms with E-state index in [-0.39, 0.29) is 23.3 Å². The Morgan fingerprint density at radius 2 is 2.06 bits per heavy atom. The number of anilines is 1. The van der Waals surface area contributed by atoms with Crippen LogP contribution in [0.25, 0.3) is 0 Å². The van der Waals surface area contributed by atoms with Crippen LogP contribution in [0.15, 0.2) is 47.2 Å². The molecule has 0 spiro atoms. The summed E-state index contributed by atoms with van der Waals surface area (Å²) in [5, 5.41) is 18.3. The largest absolute Gasteiger partial charge is 0.508 e. The molecule has 9 nitrogen and oxygen atoms in total. The van der Waals surface area contributed by atoms with E-state index in [1.807, 2.05) is 13.2 Å². The smallest absolute Gasteiger partial charge is 0.275 e. The number of rotatable bonds is 4. The molecule has 3 N–H and O–H groups in total. The molecule has 1 saturated heterocycles. The highest BCUT2D eigenvalue weighted by atomic mass is 32.1. The molecule has 0 saturated carbocycles. The number of aromatic nitrogens is 1. The number of nitrogens with one attached hydrogen (secondary N) is 2. The van der Waals surface area contributed by atoms with Crippen LogP contribution in [0.1, 0.15) is 32.8 Å². The van der Waals surface area contributed by atoms with Gasteiger partial charge >= 0.3 is 0 Å². The topological polar surface area (TPSA) is 101 Å². The zero-order chi connectivity index (χ0) is 22.9. The van der Waals surface area contributed by atoms with Crippen LogP contribution in [-0.4, -0.2) is 71.5 Å². The monoisotopic (exact) mass is 466 g/mol. The van der Waals surface area contributed by atoms with Gasteiger partial charge in [-0.25, -0.2) is 4.98 Å². The lowest BCUT2D eigenvalue weighted by molar-refractivity contribution is 0.0955. The number of carbonyl (C=O) groups excluding carboxylic acids is 2. The molecule has 1 aromatic carbocycles. The first-order valence-electron chi connectivity index (χ1n) is 11.0. The van der Waals surface area contributed by atoms with Crippen molar-refractivity contribution in [2.75, 3.05) is 44.7 Å². The fourth-order valence-corrected chi connectivity index (χ4v) is 5.06. The summed E-state index contributed by atoms with van der Waals surface area (Å²) in [6.45, 7) is 4.77. The van der Waals surface area contributed by atoms with E-state index in [0.717, 1.165) is 56.1 Å². The number of phenols is 1. The molecule has 2 amide bonds. The van der Waals surface area contributed by atoms with Gasteiger partial charge in [0.25, 0.3) is 11.8 Å². The van der Waals surface area contributed by atoms with Crippen molar-refractivity contribution >= 4 is 28.3 Å². The average molecular weight is 467 g/mol. The van der Waals surface area contributed by atoms with Gasteiger partial charge in [-0.05, 0) is 23.8 Å². The summed E-state index contributed by atoms with van der Waals surface area (Å²) in [5.74, 6) is -0.442. The predicted octanol–water partition coefficient (Wildman–Crippen LogP) is 1.70. The first-order valence-corrected chi connectivity index (χ1v) is 11.9. The second-order valence-corrected chi connectivity index (χ2v) is 9.19. The predicted molar refractivity (Wildman–Crippen MR) is 126 cm³/mol. The number of phenolic OH excluding ortho intramolecular Hbond substituents is 1. The van der Waals surface area contributed by atoms with Crippen molar-refractivity contribution in [2.45, 2.75) is 13.0 Å². The van der Waals surface area contributed by atoms with Crippen LogP contribution < -0.4 is 15.5 Å². The Balaban J connectivity index is 1.34. The van der Waals surface area contributed by atoms with E-state index in [1.165, 1.54) is 17.4 Å². The average Bonchev–Trinajstić information content (AvgIpc) is 3.38. The van der Waals surface area contributed by atoms with Gasteiger partial charge in [0.1, 0.15) is 11.4 Å². The van der Waals surface area contributed by atoms with Crippen molar-refractivity contribution in [3.05, 3.63) is 64.1 Å². The molecule has 2 aromatic rings. The molecule has 33 heavy (non-hydrogen) atoms. The van der Waals surface area contributed by atoms with Gasteiger partial charge < -0.3 is 25.5 Å². The number of thiazole rings is 1. The number of fused-ring (bicyclic) bond motifs is 1. The van der Waals surface area contributed by atoms with Gasteiger partial charge in [-0.1, -0.05) is 6.07 Å². The number of hydrogen-bond acceptors (Lipinski definition) is 8. The molecular weight excluding hydrogens is 440 g/mol. The SMILES string of the molecule is CN1C=CC(N2CCNCC2)=C(NC(=O)c2csc(N3Cc4ccc(O)cc4C3=O)n2)CC1. The number of amides is 2. The van der Waals surface area contributed by atoms with Crippen LogP contribution in [0.5, 0.6) is 5.75 Å². The highest BCUT2D eigenvalue weighted by molar-refractivity contribution is 7.14. The first kappa shape index (κ1) is 21.5. The van der Waals surface area contributed by atoms with Crippen molar-refractivity contribution in [1.82, 2.24) is 25.4 Å². The number of piperazine rings is 1. The fraction of sp³-hybridized carbons (Fsp3) is 0.348. The second-order valence-electron chi connectivity index (χ2n) is 8.35. The lowest BCUT2D eigenvalue weighted by Gasteiger charge is -2.31. The lowest BCUT2D eigenvalue weighted by Crippen LogP contribution is -2.43. The summed E-state index contributed by atoms with van der Waals surface area (Å²) in [7, 11) is 2.02. The molecule has 0 unspecified atom stereocenters. The number of aromatic hydroxyl groups is 1. The van der Waals surface area contributed by atoms with Gasteiger partial charge in [-0.3, -0.25) is 14.5 Å². The highest BCUT2D eigenvalue weighted by Crippen LogP contribution is 2.32. The van der Waals surface area contributed by atoms with E-state index in [1.54, 1.807) is 22.4 Å². The number of hydrogen-bond donors (Lipinski definition) is 3. The third-order valence-corrected chi connectivity index (χ3v) is 6.95. The van der Waals surface area contributed by atoms with Gasteiger partial charge in [0.2, 0.25) is 0 Å². The molecule has 3 aliphatic rings. The molecular formula is C23H26N6O3S. The molecule has 10 heteroatoms. The van der Waals surface area contributed by atoms with Crippen LogP contribution in [0.4, 0.5) is 5.13 Å². The van der Waals surface area contributed by atoms with E-state index in [9.17, 15) is 14.7 Å². The summed E-state index contributed by atoms with van der Waals surface area (Å²) in [6.07, 6.45) is 4.83. The molecule has 0 atom stereocenters. The Morgan fingerprint density at radius 1 is 1.24 bits per heavy atom. The van der Waals surface area contributed by atoms with Gasteiger partial charge in [0, 0.05) is 69.0 Å². The molecule has 4 heterocycles. The van der Waals surface area contributed by atoms with Crippen LogP contribution >= 0.6 is 11.3 Å². The van der Waals surface area contributed by atoms with E-state index in [4.69, 9.17) is 0 Å². The molecule has 5 rings (SSSR count). The van der Waals surface area contributed by atoms with Gasteiger partial charge in [-0.2, -0.15) is 0 Å². The lowest BCUT2D eigenvalue weighted by atomic mass is 10.1. The second kappa shape index (κ2) is 8.87. The molecule has 1 fully saturated rings. The number of carbonyl (C=O) groups is 2. The van der Waals surface area contributed by atoms with Crippen LogP contribution in [0.2, 0.25) is 0 Å². The minimum atomic E-state index is -0.278. The van der Waals surface area contributed by atoms with Crippen LogP contribution in [-0.2, 0) is 6.54 Å². The van der Waals surface area contributed by atoms with Gasteiger partial charge in [-0.15, -0.1) is 11.3 Å². The first-order chi connectivity index (χ1) is 16.0. The Bertz CT molecular complexity index is 1150. The quantitative estimate of drug-likeness (QED) is 0.631. The number of nitrogens with zero attached hydrogens (tertiary/aromatic N) is 4. The number of allylic oxidation sites excluding steroid dienone is 1. The standard InChI is InChI=1S/C23H26N6O3S/c1-27-8-4-18(20(5-9-27)28-10-6-24-7-11-28)25-21(31)19-14-33-23(26-19)29-13-15-2-3-16(30)12-17(15)22(29)32/h2-3,5,9,12,14,24,30H,4,6-8,10-11,13H2,1H3,(H,25,31). The third-order valence-electron chi connectivity index (χ3n) is 6.09.